The van der Waals surface area contributed by atoms with E-state index < -0.39 is 29.3 Å². The minimum atomic E-state index is -1.35. The summed E-state index contributed by atoms with van der Waals surface area (Å²) in [6.07, 6.45) is 1.42. The number of fused-ring (bicyclic) bond motifs is 4. The maximum atomic E-state index is 13.2. The van der Waals surface area contributed by atoms with Gasteiger partial charge >= 0.3 is 0 Å². The van der Waals surface area contributed by atoms with Crippen molar-refractivity contribution in [1.29, 1.82) is 0 Å². The summed E-state index contributed by atoms with van der Waals surface area (Å²) in [5.41, 5.74) is 5.27. The van der Waals surface area contributed by atoms with Crippen molar-refractivity contribution >= 4 is 29.3 Å². The fourth-order valence-electron chi connectivity index (χ4n) is 4.75. The maximum Gasteiger partial charge on any atom is 0.250 e. The number of benzene rings is 1. The Hall–Kier alpha value is -2.74. The number of anilines is 1. The first-order valence-corrected chi connectivity index (χ1v) is 9.24. The third-order valence-corrected chi connectivity index (χ3v) is 5.87. The first-order valence-electron chi connectivity index (χ1n) is 9.24. The molecule has 4 N–H and O–H groups in total. The molecule has 0 unspecified atom stereocenters. The molecule has 8 nitrogen and oxygen atoms in total. The Labute approximate surface area is 156 Å². The van der Waals surface area contributed by atoms with E-state index in [0.717, 1.165) is 6.42 Å². The van der Waals surface area contributed by atoms with Crippen LogP contribution in [0.2, 0.25) is 0 Å². The number of nitrogens with one attached hydrogen (secondary N) is 2. The number of carbonyl (C=O) groups is 4. The SMILES string of the molecule is CCCCN1C(=O)[C@@H]2[C@@H](C1=O)[C@@]1(N[C@@H]2CC(N)=O)C(=O)Nc2ccccc21. The van der Waals surface area contributed by atoms with Gasteiger partial charge in [-0.25, -0.2) is 0 Å². The summed E-state index contributed by atoms with van der Waals surface area (Å²) in [6, 6.07) is 6.45. The van der Waals surface area contributed by atoms with Crippen molar-refractivity contribution < 1.29 is 19.2 Å². The number of unbranched alkanes of at least 4 members (excludes halogenated alkanes) is 1. The number of carbonyl (C=O) groups excluding carboxylic acids is 4. The Morgan fingerprint density at radius 3 is 2.67 bits per heavy atom. The number of hydrogen-bond acceptors (Lipinski definition) is 5. The van der Waals surface area contributed by atoms with Gasteiger partial charge in [0.05, 0.1) is 11.8 Å². The van der Waals surface area contributed by atoms with E-state index in [1.165, 1.54) is 4.90 Å². The van der Waals surface area contributed by atoms with Crippen LogP contribution in [0.25, 0.3) is 0 Å². The number of nitrogens with zero attached hydrogens (tertiary/aromatic N) is 1. The van der Waals surface area contributed by atoms with Crippen molar-refractivity contribution in [2.45, 2.75) is 37.8 Å². The fraction of sp³-hybridized carbons (Fsp3) is 0.474. The van der Waals surface area contributed by atoms with Crippen LogP contribution in [0, 0.1) is 11.8 Å². The highest BCUT2D eigenvalue weighted by molar-refractivity contribution is 6.15. The average molecular weight is 370 g/mol. The minimum Gasteiger partial charge on any atom is -0.370 e. The first-order chi connectivity index (χ1) is 12.9. The highest BCUT2D eigenvalue weighted by atomic mass is 16.2. The zero-order chi connectivity index (χ0) is 19.3. The summed E-state index contributed by atoms with van der Waals surface area (Å²) in [7, 11) is 0. The molecule has 3 aliphatic rings. The van der Waals surface area contributed by atoms with Crippen LogP contribution in [0.5, 0.6) is 0 Å². The first kappa shape index (κ1) is 17.7. The Bertz CT molecular complexity index is 854. The number of likely N-dealkylation sites (tertiary alicyclic amines) is 1. The Morgan fingerprint density at radius 1 is 1.22 bits per heavy atom. The van der Waals surface area contributed by atoms with Crippen molar-refractivity contribution in [3.8, 4) is 0 Å². The standard InChI is InChI=1S/C19H22N4O4/c1-2-3-8-23-16(25)14-12(9-13(20)24)22-19(15(14)17(23)26)10-6-4-5-7-11(10)21-18(19)27/h4-7,12,14-15,22H,2-3,8-9H2,1H3,(H2,20,24)(H,21,27)/t12-,14+,15+,19-/m1/s1. The fourth-order valence-corrected chi connectivity index (χ4v) is 4.75. The number of primary amides is 1. The molecule has 0 saturated carbocycles. The van der Waals surface area contributed by atoms with E-state index in [2.05, 4.69) is 10.6 Å². The number of rotatable bonds is 5. The summed E-state index contributed by atoms with van der Waals surface area (Å²) in [4.78, 5) is 52.1. The number of imide groups is 1. The molecule has 0 aromatic heterocycles. The van der Waals surface area contributed by atoms with E-state index in [4.69, 9.17) is 5.73 Å². The van der Waals surface area contributed by atoms with Crippen LogP contribution in [0.1, 0.15) is 31.7 Å². The van der Waals surface area contributed by atoms with Crippen molar-refractivity contribution in [2.24, 2.45) is 17.6 Å². The number of hydrogen-bond donors (Lipinski definition) is 3. The normalized spacial score (nSPS) is 31.4. The zero-order valence-electron chi connectivity index (χ0n) is 15.0. The van der Waals surface area contributed by atoms with Crippen LogP contribution in [0.3, 0.4) is 0 Å². The predicted molar refractivity (Wildman–Crippen MR) is 96.1 cm³/mol. The molecular formula is C19H22N4O4. The third-order valence-electron chi connectivity index (χ3n) is 5.87. The molecule has 0 bridgehead atoms. The monoisotopic (exact) mass is 370 g/mol. The smallest absolute Gasteiger partial charge is 0.250 e. The number of para-hydroxylation sites is 1. The molecule has 4 amide bonds. The summed E-state index contributed by atoms with van der Waals surface area (Å²) < 4.78 is 0. The topological polar surface area (TPSA) is 122 Å². The lowest BCUT2D eigenvalue weighted by molar-refractivity contribution is -0.142. The predicted octanol–water partition coefficient (Wildman–Crippen LogP) is 0.0825. The van der Waals surface area contributed by atoms with Crippen LogP contribution >= 0.6 is 0 Å². The summed E-state index contributed by atoms with van der Waals surface area (Å²) in [5.74, 6) is -3.30. The van der Waals surface area contributed by atoms with Crippen molar-refractivity contribution in [1.82, 2.24) is 10.2 Å². The molecule has 1 aromatic rings. The van der Waals surface area contributed by atoms with Gasteiger partial charge in [-0.05, 0) is 12.5 Å². The molecule has 8 heteroatoms. The average Bonchev–Trinajstić information content (AvgIpc) is 3.19. The van der Waals surface area contributed by atoms with Crippen LogP contribution in [0.4, 0.5) is 5.69 Å². The summed E-state index contributed by atoms with van der Waals surface area (Å²) in [5, 5.41) is 5.97. The molecule has 2 saturated heterocycles. The van der Waals surface area contributed by atoms with Crippen LogP contribution in [-0.4, -0.2) is 41.1 Å². The summed E-state index contributed by atoms with van der Waals surface area (Å²) >= 11 is 0. The van der Waals surface area contributed by atoms with E-state index in [1.807, 2.05) is 6.92 Å². The molecule has 3 aliphatic heterocycles. The zero-order valence-corrected chi connectivity index (χ0v) is 15.0. The lowest BCUT2D eigenvalue weighted by Gasteiger charge is -2.29. The molecule has 0 aliphatic carbocycles. The van der Waals surface area contributed by atoms with E-state index in [0.29, 0.717) is 24.2 Å². The van der Waals surface area contributed by atoms with Crippen LogP contribution in [-0.2, 0) is 24.7 Å². The van der Waals surface area contributed by atoms with E-state index in [-0.39, 0.29) is 24.1 Å². The molecule has 4 atom stereocenters. The van der Waals surface area contributed by atoms with Gasteiger partial charge in [-0.3, -0.25) is 29.4 Å². The minimum absolute atomic E-state index is 0.112. The van der Waals surface area contributed by atoms with E-state index in [9.17, 15) is 19.2 Å². The molecule has 1 spiro atoms. The van der Waals surface area contributed by atoms with Crippen molar-refractivity contribution in [3.63, 3.8) is 0 Å². The maximum absolute atomic E-state index is 13.2. The molecule has 1 aromatic carbocycles. The molecule has 4 rings (SSSR count). The number of amides is 4. The van der Waals surface area contributed by atoms with Crippen LogP contribution < -0.4 is 16.4 Å². The lowest BCUT2D eigenvalue weighted by Crippen LogP contribution is -2.53. The molecular weight excluding hydrogens is 348 g/mol. The molecule has 0 radical (unpaired) electrons. The molecule has 142 valence electrons. The Morgan fingerprint density at radius 2 is 1.96 bits per heavy atom. The van der Waals surface area contributed by atoms with Crippen LogP contribution in [0.15, 0.2) is 24.3 Å². The van der Waals surface area contributed by atoms with Gasteiger partial charge in [0.1, 0.15) is 5.54 Å². The van der Waals surface area contributed by atoms with Crippen molar-refractivity contribution in [3.05, 3.63) is 29.8 Å². The van der Waals surface area contributed by atoms with Gasteiger partial charge in [0.25, 0.3) is 0 Å². The van der Waals surface area contributed by atoms with Gasteiger partial charge < -0.3 is 11.1 Å². The summed E-state index contributed by atoms with van der Waals surface area (Å²) in [6.45, 7) is 2.30. The lowest BCUT2D eigenvalue weighted by atomic mass is 9.76. The second-order valence-corrected chi connectivity index (χ2v) is 7.41. The molecule has 3 heterocycles. The number of nitrogens with two attached hydrogens (primary N) is 1. The van der Waals surface area contributed by atoms with Gasteiger partial charge in [-0.2, -0.15) is 0 Å². The second kappa shape index (κ2) is 6.16. The largest absolute Gasteiger partial charge is 0.370 e. The molecule has 2 fully saturated rings. The van der Waals surface area contributed by atoms with E-state index >= 15 is 0 Å². The van der Waals surface area contributed by atoms with Gasteiger partial charge in [0.2, 0.25) is 23.6 Å². The Balaban J connectivity index is 1.83. The Kier molecular flexibility index (Phi) is 4.03. The highest BCUT2D eigenvalue weighted by Gasteiger charge is 2.70. The van der Waals surface area contributed by atoms with E-state index in [1.54, 1.807) is 24.3 Å². The second-order valence-electron chi connectivity index (χ2n) is 7.41. The molecule has 27 heavy (non-hydrogen) atoms. The van der Waals surface area contributed by atoms with Gasteiger partial charge in [0.15, 0.2) is 0 Å². The van der Waals surface area contributed by atoms with Crippen molar-refractivity contribution in [2.75, 3.05) is 11.9 Å². The van der Waals surface area contributed by atoms with Gasteiger partial charge in [0, 0.05) is 30.3 Å². The third kappa shape index (κ3) is 2.32. The quantitative estimate of drug-likeness (QED) is 0.634. The highest BCUT2D eigenvalue weighted by Crippen LogP contribution is 2.53. The van der Waals surface area contributed by atoms with Gasteiger partial charge in [-0.1, -0.05) is 31.5 Å². The van der Waals surface area contributed by atoms with Gasteiger partial charge in [-0.15, -0.1) is 0 Å².